The van der Waals surface area contributed by atoms with Crippen molar-refractivity contribution >= 4 is 23.3 Å². The number of terminal acetylenes is 1. The summed E-state index contributed by atoms with van der Waals surface area (Å²) in [4.78, 5) is 24.4. The first-order chi connectivity index (χ1) is 8.54. The molecule has 1 unspecified atom stereocenters. The molecule has 0 radical (unpaired) electrons. The van der Waals surface area contributed by atoms with Crippen LogP contribution in [0.2, 0.25) is 0 Å². The second kappa shape index (κ2) is 4.41. The summed E-state index contributed by atoms with van der Waals surface area (Å²) in [5, 5.41) is 9.13. The third-order valence-electron chi connectivity index (χ3n) is 2.93. The lowest BCUT2D eigenvalue weighted by Crippen LogP contribution is -2.27. The maximum atomic E-state index is 11.9. The minimum absolute atomic E-state index is 0.0148. The van der Waals surface area contributed by atoms with Crippen LogP contribution in [-0.4, -0.2) is 23.5 Å². The van der Waals surface area contributed by atoms with Gasteiger partial charge in [0.2, 0.25) is 5.91 Å². The van der Waals surface area contributed by atoms with Crippen molar-refractivity contribution in [1.82, 2.24) is 0 Å². The average molecular weight is 244 g/mol. The van der Waals surface area contributed by atoms with Crippen LogP contribution in [0.15, 0.2) is 18.2 Å². The third kappa shape index (κ3) is 1.89. The van der Waals surface area contributed by atoms with Crippen molar-refractivity contribution in [3.63, 3.8) is 0 Å². The number of anilines is 2. The van der Waals surface area contributed by atoms with Crippen LogP contribution in [0.5, 0.6) is 0 Å². The average Bonchev–Trinajstić information content (AvgIpc) is 2.70. The number of rotatable bonds is 2. The van der Waals surface area contributed by atoms with E-state index in [2.05, 4.69) is 5.92 Å². The van der Waals surface area contributed by atoms with Gasteiger partial charge in [-0.1, -0.05) is 6.07 Å². The molecule has 1 aliphatic rings. The quantitative estimate of drug-likeness (QED) is 0.599. The van der Waals surface area contributed by atoms with Crippen LogP contribution in [0.4, 0.5) is 11.4 Å². The number of carbonyl (C=O) groups excluding carboxylic acids is 1. The summed E-state index contributed by atoms with van der Waals surface area (Å²) >= 11 is 0. The summed E-state index contributed by atoms with van der Waals surface area (Å²) in [6, 6.07) is 4.53. The minimum atomic E-state index is -1.12. The zero-order valence-electron chi connectivity index (χ0n) is 9.59. The molecule has 5 nitrogen and oxygen atoms in total. The largest absolute Gasteiger partial charge is 0.478 e. The van der Waals surface area contributed by atoms with E-state index in [1.807, 2.05) is 0 Å². The van der Waals surface area contributed by atoms with Gasteiger partial charge in [0.1, 0.15) is 0 Å². The number of nitrogens with two attached hydrogens (primary N) is 1. The molecule has 92 valence electrons. The molecule has 0 spiro atoms. The van der Waals surface area contributed by atoms with Gasteiger partial charge in [-0.2, -0.15) is 0 Å². The Bertz CT molecular complexity index is 560. The Hall–Kier alpha value is -2.48. The Morgan fingerprint density at radius 3 is 2.83 bits per heavy atom. The lowest BCUT2D eigenvalue weighted by atomic mass is 10.1. The first kappa shape index (κ1) is 12.0. The van der Waals surface area contributed by atoms with Crippen LogP contribution >= 0.6 is 0 Å². The number of hydrogen-bond donors (Lipinski definition) is 2. The maximum Gasteiger partial charge on any atom is 0.337 e. The van der Waals surface area contributed by atoms with Crippen LogP contribution in [-0.2, 0) is 4.79 Å². The van der Waals surface area contributed by atoms with Gasteiger partial charge in [-0.15, -0.1) is 12.3 Å². The number of amides is 1. The molecule has 0 aliphatic carbocycles. The maximum absolute atomic E-state index is 11.9. The highest BCUT2D eigenvalue weighted by molar-refractivity contribution is 6.06. The third-order valence-corrected chi connectivity index (χ3v) is 2.93. The number of carboxylic acids is 1. The van der Waals surface area contributed by atoms with Crippen molar-refractivity contribution in [3.8, 4) is 12.3 Å². The normalized spacial score (nSPS) is 18.7. The lowest BCUT2D eigenvalue weighted by Gasteiger charge is -2.20. The van der Waals surface area contributed by atoms with E-state index in [0.717, 1.165) is 0 Å². The van der Waals surface area contributed by atoms with E-state index >= 15 is 0 Å². The predicted molar refractivity (Wildman–Crippen MR) is 67.1 cm³/mol. The Balaban J connectivity index is 2.49. The summed E-state index contributed by atoms with van der Waals surface area (Å²) in [5.41, 5.74) is 6.30. The van der Waals surface area contributed by atoms with Gasteiger partial charge in [0.15, 0.2) is 0 Å². The van der Waals surface area contributed by atoms with Crippen molar-refractivity contribution in [1.29, 1.82) is 0 Å². The summed E-state index contributed by atoms with van der Waals surface area (Å²) in [6.45, 7) is 0.309. The number of carbonyl (C=O) groups is 2. The standard InChI is InChI=1S/C13H12N2O3/c1-2-8-6-11(16)15(7-8)12-9(13(17)18)4-3-5-10(12)14/h1,3-5,8H,6-7,14H2,(H,17,18). The topological polar surface area (TPSA) is 83.6 Å². The van der Waals surface area contributed by atoms with E-state index in [1.54, 1.807) is 12.1 Å². The molecule has 1 amide bonds. The second-order valence-electron chi connectivity index (χ2n) is 4.12. The molecule has 18 heavy (non-hydrogen) atoms. The summed E-state index contributed by atoms with van der Waals surface area (Å²) in [7, 11) is 0. The van der Waals surface area contributed by atoms with Gasteiger partial charge in [0.05, 0.1) is 16.9 Å². The van der Waals surface area contributed by atoms with Crippen molar-refractivity contribution in [3.05, 3.63) is 23.8 Å². The van der Waals surface area contributed by atoms with Crippen LogP contribution in [0.1, 0.15) is 16.8 Å². The van der Waals surface area contributed by atoms with Crippen LogP contribution in [0.3, 0.4) is 0 Å². The Morgan fingerprint density at radius 2 is 2.28 bits per heavy atom. The van der Waals surface area contributed by atoms with Gasteiger partial charge in [0.25, 0.3) is 0 Å². The zero-order valence-corrected chi connectivity index (χ0v) is 9.59. The lowest BCUT2D eigenvalue weighted by molar-refractivity contribution is -0.117. The molecule has 1 heterocycles. The SMILES string of the molecule is C#CC1CC(=O)N(c2c(N)cccc2C(=O)O)C1. The first-order valence-electron chi connectivity index (χ1n) is 5.43. The van der Waals surface area contributed by atoms with Gasteiger partial charge in [-0.25, -0.2) is 4.79 Å². The molecule has 5 heteroatoms. The molecule has 1 aromatic rings. The highest BCUT2D eigenvalue weighted by atomic mass is 16.4. The Kier molecular flexibility index (Phi) is 2.94. The number of carboxylic acid groups (broad SMARTS) is 1. The van der Waals surface area contributed by atoms with Gasteiger partial charge in [-0.05, 0) is 12.1 Å². The van der Waals surface area contributed by atoms with E-state index in [-0.39, 0.29) is 35.2 Å². The monoisotopic (exact) mass is 244 g/mol. The molecule has 1 aliphatic heterocycles. The fourth-order valence-corrected chi connectivity index (χ4v) is 2.07. The fourth-order valence-electron chi connectivity index (χ4n) is 2.07. The zero-order chi connectivity index (χ0) is 13.3. The van der Waals surface area contributed by atoms with E-state index in [9.17, 15) is 9.59 Å². The Morgan fingerprint density at radius 1 is 1.56 bits per heavy atom. The number of aromatic carboxylic acids is 1. The van der Waals surface area contributed by atoms with Gasteiger partial charge in [-0.3, -0.25) is 4.79 Å². The molecule has 0 aromatic heterocycles. The molecule has 0 bridgehead atoms. The van der Waals surface area contributed by atoms with Crippen molar-refractivity contribution < 1.29 is 14.7 Å². The molecular weight excluding hydrogens is 232 g/mol. The highest BCUT2D eigenvalue weighted by Crippen LogP contribution is 2.32. The molecular formula is C13H12N2O3. The number of nitrogen functional groups attached to an aromatic ring is 1. The van der Waals surface area contributed by atoms with E-state index in [0.29, 0.717) is 6.54 Å². The van der Waals surface area contributed by atoms with Gasteiger partial charge in [0, 0.05) is 18.9 Å². The fraction of sp³-hybridized carbons (Fsp3) is 0.231. The van der Waals surface area contributed by atoms with Crippen LogP contribution in [0.25, 0.3) is 0 Å². The number of benzene rings is 1. The van der Waals surface area contributed by atoms with Crippen molar-refractivity contribution in [2.24, 2.45) is 5.92 Å². The summed E-state index contributed by atoms with van der Waals surface area (Å²) in [6.07, 6.45) is 5.52. The van der Waals surface area contributed by atoms with Gasteiger partial charge >= 0.3 is 5.97 Å². The molecule has 1 fully saturated rings. The van der Waals surface area contributed by atoms with Crippen LogP contribution < -0.4 is 10.6 Å². The molecule has 3 N–H and O–H groups in total. The van der Waals surface area contributed by atoms with Crippen molar-refractivity contribution in [2.75, 3.05) is 17.2 Å². The first-order valence-corrected chi connectivity index (χ1v) is 5.43. The van der Waals surface area contributed by atoms with E-state index in [1.165, 1.54) is 11.0 Å². The number of hydrogen-bond acceptors (Lipinski definition) is 3. The molecule has 0 saturated carbocycles. The molecule has 1 atom stereocenters. The number of nitrogens with zero attached hydrogens (tertiary/aromatic N) is 1. The van der Waals surface area contributed by atoms with Crippen LogP contribution in [0, 0.1) is 18.3 Å². The Labute approximate surface area is 104 Å². The van der Waals surface area contributed by atoms with Gasteiger partial charge < -0.3 is 15.7 Å². The predicted octanol–water partition coefficient (Wildman–Crippen LogP) is 0.953. The van der Waals surface area contributed by atoms with E-state index in [4.69, 9.17) is 17.3 Å². The second-order valence-corrected chi connectivity index (χ2v) is 4.12. The van der Waals surface area contributed by atoms with E-state index < -0.39 is 5.97 Å². The van der Waals surface area contributed by atoms with Crippen molar-refractivity contribution in [2.45, 2.75) is 6.42 Å². The highest BCUT2D eigenvalue weighted by Gasteiger charge is 2.32. The summed E-state index contributed by atoms with van der Waals surface area (Å²) < 4.78 is 0. The molecule has 1 aromatic carbocycles. The minimum Gasteiger partial charge on any atom is -0.478 e. The molecule has 2 rings (SSSR count). The number of para-hydroxylation sites is 1. The smallest absolute Gasteiger partial charge is 0.337 e. The summed E-state index contributed by atoms with van der Waals surface area (Å²) in [5.74, 6) is 1.00. The molecule has 1 saturated heterocycles.